The second-order valence-electron chi connectivity index (χ2n) is 7.03. The van der Waals surface area contributed by atoms with E-state index in [2.05, 4.69) is 20.6 Å². The fraction of sp³-hybridized carbons (Fsp3) is 0.300. The normalized spacial score (nSPS) is 17.3. The average Bonchev–Trinajstić information content (AvgIpc) is 3.09. The van der Waals surface area contributed by atoms with Crippen LogP contribution in [-0.4, -0.2) is 46.2 Å². The molecule has 0 unspecified atom stereocenters. The summed E-state index contributed by atoms with van der Waals surface area (Å²) in [5, 5.41) is 15.8. The van der Waals surface area contributed by atoms with E-state index in [4.69, 9.17) is 25.8 Å². The van der Waals surface area contributed by atoms with Crippen molar-refractivity contribution in [3.05, 3.63) is 46.2 Å². The number of carbonyl (C=O) groups excluding carboxylic acids is 1. The number of fused-ring (bicyclic) bond motifs is 2. The van der Waals surface area contributed by atoms with Crippen molar-refractivity contribution in [1.82, 2.24) is 20.0 Å². The Morgan fingerprint density at radius 3 is 2.83 bits per heavy atom. The fourth-order valence-corrected chi connectivity index (χ4v) is 4.01. The molecule has 9 nitrogen and oxygen atoms in total. The number of methoxy groups -OCH3 is 1. The number of nitrogens with zero attached hydrogens (tertiary/aromatic N) is 4. The summed E-state index contributed by atoms with van der Waals surface area (Å²) >= 11 is 5.85. The molecule has 30 heavy (non-hydrogen) atoms. The van der Waals surface area contributed by atoms with Crippen molar-refractivity contribution >= 4 is 23.3 Å². The molecule has 0 aliphatic carbocycles. The van der Waals surface area contributed by atoms with Gasteiger partial charge in [0.15, 0.2) is 22.5 Å². The summed E-state index contributed by atoms with van der Waals surface area (Å²) < 4.78 is 18.6. The first-order chi connectivity index (χ1) is 14.5. The van der Waals surface area contributed by atoms with E-state index < -0.39 is 0 Å². The molecule has 4 heterocycles. The molecule has 0 bridgehead atoms. The maximum Gasteiger partial charge on any atom is 0.226 e. The van der Waals surface area contributed by atoms with E-state index in [9.17, 15) is 4.79 Å². The number of benzene rings is 1. The number of rotatable bonds is 3. The van der Waals surface area contributed by atoms with Gasteiger partial charge < -0.3 is 19.5 Å². The number of nitrogens with one attached hydrogen (secondary N) is 1. The van der Waals surface area contributed by atoms with Crippen LogP contribution in [0.1, 0.15) is 29.2 Å². The largest absolute Gasteiger partial charge is 0.493 e. The minimum atomic E-state index is -0.229. The van der Waals surface area contributed by atoms with Crippen LogP contribution in [0, 0.1) is 6.92 Å². The highest BCUT2D eigenvalue weighted by molar-refractivity contribution is 6.29. The number of amides is 1. The molecule has 1 N–H and O–H groups in total. The molecule has 0 saturated heterocycles. The van der Waals surface area contributed by atoms with Crippen LogP contribution in [0.25, 0.3) is 5.82 Å². The van der Waals surface area contributed by atoms with Crippen molar-refractivity contribution in [2.75, 3.05) is 25.6 Å². The predicted octanol–water partition coefficient (Wildman–Crippen LogP) is 2.88. The van der Waals surface area contributed by atoms with Gasteiger partial charge in [0.1, 0.15) is 19.0 Å². The number of halogens is 1. The van der Waals surface area contributed by atoms with Gasteiger partial charge in [-0.2, -0.15) is 9.78 Å². The van der Waals surface area contributed by atoms with Crippen LogP contribution in [0.15, 0.2) is 24.3 Å². The first-order valence-electron chi connectivity index (χ1n) is 9.41. The number of ether oxygens (including phenoxy) is 3. The van der Waals surface area contributed by atoms with E-state index in [1.807, 2.05) is 19.1 Å². The zero-order chi connectivity index (χ0) is 20.8. The average molecular weight is 428 g/mol. The number of hydrogen-bond acceptors (Lipinski definition) is 7. The van der Waals surface area contributed by atoms with Gasteiger partial charge in [-0.1, -0.05) is 11.6 Å². The lowest BCUT2D eigenvalue weighted by Gasteiger charge is -2.27. The molecule has 2 aliphatic heterocycles. The molecule has 0 spiro atoms. The summed E-state index contributed by atoms with van der Waals surface area (Å²) in [5.74, 6) is 2.44. The smallest absolute Gasteiger partial charge is 0.226 e. The lowest BCUT2D eigenvalue weighted by atomic mass is 9.85. The lowest BCUT2D eigenvalue weighted by molar-refractivity contribution is -0.116. The van der Waals surface area contributed by atoms with Gasteiger partial charge >= 0.3 is 0 Å². The Morgan fingerprint density at radius 1 is 1.23 bits per heavy atom. The minimum Gasteiger partial charge on any atom is -0.493 e. The summed E-state index contributed by atoms with van der Waals surface area (Å²) in [7, 11) is 1.58. The second kappa shape index (κ2) is 7.17. The maximum absolute atomic E-state index is 12.6. The van der Waals surface area contributed by atoms with E-state index in [0.29, 0.717) is 42.1 Å². The molecule has 0 fully saturated rings. The van der Waals surface area contributed by atoms with Crippen molar-refractivity contribution in [2.24, 2.45) is 0 Å². The third kappa shape index (κ3) is 3.02. The van der Waals surface area contributed by atoms with Crippen molar-refractivity contribution in [2.45, 2.75) is 19.3 Å². The predicted molar refractivity (Wildman–Crippen MR) is 108 cm³/mol. The van der Waals surface area contributed by atoms with Gasteiger partial charge in [0.25, 0.3) is 0 Å². The standard InChI is InChI=1S/C20H18ClN5O4/c1-10-18-12(11-7-13(28-2)19-14(8-11)29-5-6-30-19)9-17(27)22-20(18)26(25-10)16-4-3-15(21)23-24-16/h3-4,7-8,12H,5-6,9H2,1-2H3,(H,22,27)/t12-/m0/s1. The summed E-state index contributed by atoms with van der Waals surface area (Å²) in [6.07, 6.45) is 0.272. The zero-order valence-electron chi connectivity index (χ0n) is 16.3. The Balaban J connectivity index is 1.65. The number of hydrogen-bond donors (Lipinski definition) is 1. The SMILES string of the molecule is COc1cc([C@@H]2CC(=O)Nc3c2c(C)nn3-c2ccc(Cl)nn2)cc2c1OCCO2. The van der Waals surface area contributed by atoms with E-state index in [-0.39, 0.29) is 23.4 Å². The molecule has 0 radical (unpaired) electrons. The fourth-order valence-electron chi connectivity index (χ4n) is 3.91. The second-order valence-corrected chi connectivity index (χ2v) is 7.41. The molecule has 3 aromatic rings. The topological polar surface area (TPSA) is 100 Å². The zero-order valence-corrected chi connectivity index (χ0v) is 17.1. The van der Waals surface area contributed by atoms with Gasteiger partial charge in [0, 0.05) is 17.9 Å². The molecule has 154 valence electrons. The van der Waals surface area contributed by atoms with Gasteiger partial charge in [-0.25, -0.2) is 0 Å². The Morgan fingerprint density at radius 2 is 2.07 bits per heavy atom. The molecule has 10 heteroatoms. The lowest BCUT2D eigenvalue weighted by Crippen LogP contribution is -2.25. The number of carbonyl (C=O) groups is 1. The highest BCUT2D eigenvalue weighted by atomic mass is 35.5. The highest BCUT2D eigenvalue weighted by Crippen LogP contribution is 2.46. The van der Waals surface area contributed by atoms with E-state index >= 15 is 0 Å². The molecular formula is C20H18ClN5O4. The van der Waals surface area contributed by atoms with Crippen molar-refractivity contribution in [1.29, 1.82) is 0 Å². The van der Waals surface area contributed by atoms with Crippen molar-refractivity contribution in [3.8, 4) is 23.1 Å². The van der Waals surface area contributed by atoms with Crippen LogP contribution >= 0.6 is 11.6 Å². The van der Waals surface area contributed by atoms with Crippen LogP contribution in [0.4, 0.5) is 5.82 Å². The first-order valence-corrected chi connectivity index (χ1v) is 9.79. The highest BCUT2D eigenvalue weighted by Gasteiger charge is 2.34. The Labute approximate surface area is 176 Å². The quantitative estimate of drug-likeness (QED) is 0.685. The minimum absolute atomic E-state index is 0.121. The summed E-state index contributed by atoms with van der Waals surface area (Å²) in [6.45, 7) is 2.83. The molecule has 1 amide bonds. The van der Waals surface area contributed by atoms with Gasteiger partial charge in [0.2, 0.25) is 11.7 Å². The number of aryl methyl sites for hydroxylation is 1. The van der Waals surface area contributed by atoms with Gasteiger partial charge in [-0.3, -0.25) is 4.79 Å². The van der Waals surface area contributed by atoms with Crippen LogP contribution in [0.2, 0.25) is 5.15 Å². The Kier molecular flexibility index (Phi) is 4.47. The molecule has 5 rings (SSSR count). The number of anilines is 1. The third-order valence-electron chi connectivity index (χ3n) is 5.19. The van der Waals surface area contributed by atoms with E-state index in [1.165, 1.54) is 0 Å². The van der Waals surface area contributed by atoms with Crippen LogP contribution < -0.4 is 19.5 Å². The monoisotopic (exact) mass is 427 g/mol. The van der Waals surface area contributed by atoms with Crippen LogP contribution in [-0.2, 0) is 4.79 Å². The van der Waals surface area contributed by atoms with Crippen LogP contribution in [0.5, 0.6) is 17.2 Å². The maximum atomic E-state index is 12.6. The summed E-state index contributed by atoms with van der Waals surface area (Å²) in [4.78, 5) is 12.6. The Hall–Kier alpha value is -3.33. The number of aromatic nitrogens is 4. The molecule has 1 atom stereocenters. The first kappa shape index (κ1) is 18.7. The van der Waals surface area contributed by atoms with E-state index in [1.54, 1.807) is 23.9 Å². The van der Waals surface area contributed by atoms with Gasteiger partial charge in [-0.05, 0) is 36.8 Å². The van der Waals surface area contributed by atoms with Gasteiger partial charge in [-0.15, -0.1) is 10.2 Å². The third-order valence-corrected chi connectivity index (χ3v) is 5.39. The van der Waals surface area contributed by atoms with E-state index in [0.717, 1.165) is 16.8 Å². The molecule has 0 saturated carbocycles. The van der Waals surface area contributed by atoms with Gasteiger partial charge in [0.05, 0.1) is 12.8 Å². The summed E-state index contributed by atoms with van der Waals surface area (Å²) in [5.41, 5.74) is 2.57. The van der Waals surface area contributed by atoms with Crippen LogP contribution in [0.3, 0.4) is 0 Å². The summed E-state index contributed by atoms with van der Waals surface area (Å²) in [6, 6.07) is 7.12. The van der Waals surface area contributed by atoms with Crippen molar-refractivity contribution in [3.63, 3.8) is 0 Å². The molecule has 2 aromatic heterocycles. The molecular weight excluding hydrogens is 410 g/mol. The van der Waals surface area contributed by atoms with Crippen molar-refractivity contribution < 1.29 is 19.0 Å². The molecule has 1 aromatic carbocycles. The molecule has 2 aliphatic rings. The Bertz CT molecular complexity index is 1130.